The highest BCUT2D eigenvalue weighted by Crippen LogP contribution is 2.32. The van der Waals surface area contributed by atoms with Crippen LogP contribution in [-0.2, 0) is 9.84 Å². The lowest BCUT2D eigenvalue weighted by molar-refractivity contribution is 0.394. The number of sulfone groups is 1. The maximum absolute atomic E-state index is 12.3. The van der Waals surface area contributed by atoms with Crippen LogP contribution in [0.4, 0.5) is 0 Å². The molecule has 5 heteroatoms. The average molecular weight is 323 g/mol. The van der Waals surface area contributed by atoms with E-state index in [0.29, 0.717) is 16.6 Å². The molecule has 114 valence electrons. The van der Waals surface area contributed by atoms with Gasteiger partial charge < -0.3 is 0 Å². The summed E-state index contributed by atoms with van der Waals surface area (Å²) < 4.78 is 24.6. The van der Waals surface area contributed by atoms with Crippen molar-refractivity contribution in [3.05, 3.63) is 29.8 Å². The van der Waals surface area contributed by atoms with E-state index in [1.54, 1.807) is 30.0 Å². The van der Waals surface area contributed by atoms with Crippen molar-refractivity contribution in [3.8, 4) is 6.07 Å². The highest BCUT2D eigenvalue weighted by Gasteiger charge is 2.21. The van der Waals surface area contributed by atoms with E-state index in [2.05, 4.69) is 6.92 Å². The van der Waals surface area contributed by atoms with E-state index in [-0.39, 0.29) is 10.6 Å². The number of rotatable bonds is 5. The molecule has 1 fully saturated rings. The van der Waals surface area contributed by atoms with Crippen molar-refractivity contribution in [2.45, 2.75) is 42.8 Å². The van der Waals surface area contributed by atoms with Crippen molar-refractivity contribution in [1.29, 1.82) is 5.26 Å². The van der Waals surface area contributed by atoms with Gasteiger partial charge in [0.25, 0.3) is 0 Å². The van der Waals surface area contributed by atoms with Crippen molar-refractivity contribution < 1.29 is 8.42 Å². The number of nitriles is 1. The first-order valence-corrected chi connectivity index (χ1v) is 10.1. The second kappa shape index (κ2) is 7.33. The van der Waals surface area contributed by atoms with Gasteiger partial charge >= 0.3 is 0 Å². The number of hydrogen-bond donors (Lipinski definition) is 0. The third-order valence-electron chi connectivity index (χ3n) is 3.92. The quantitative estimate of drug-likeness (QED) is 0.830. The first-order valence-electron chi connectivity index (χ1n) is 7.36. The fourth-order valence-electron chi connectivity index (χ4n) is 2.73. The second-order valence-electron chi connectivity index (χ2n) is 5.72. The van der Waals surface area contributed by atoms with Crippen molar-refractivity contribution in [3.63, 3.8) is 0 Å². The molecule has 0 amide bonds. The summed E-state index contributed by atoms with van der Waals surface area (Å²) in [5.41, 5.74) is 0.393. The Hall–Kier alpha value is -0.990. The minimum absolute atomic E-state index is 0.150. The minimum Gasteiger partial charge on any atom is -0.224 e. The van der Waals surface area contributed by atoms with Crippen molar-refractivity contribution >= 4 is 21.6 Å². The van der Waals surface area contributed by atoms with Crippen LogP contribution in [0.3, 0.4) is 0 Å². The molecule has 3 nitrogen and oxygen atoms in total. The summed E-state index contributed by atoms with van der Waals surface area (Å²) in [6.45, 7) is 2.27. The molecule has 1 aliphatic carbocycles. The molecule has 1 aliphatic rings. The molecule has 0 spiro atoms. The van der Waals surface area contributed by atoms with Gasteiger partial charge in [0.2, 0.25) is 0 Å². The van der Waals surface area contributed by atoms with Gasteiger partial charge in [-0.05, 0) is 37.0 Å². The van der Waals surface area contributed by atoms with Crippen LogP contribution in [0.2, 0.25) is 0 Å². The Labute approximate surface area is 131 Å². The van der Waals surface area contributed by atoms with Gasteiger partial charge in [-0.25, -0.2) is 8.42 Å². The zero-order chi connectivity index (χ0) is 15.3. The van der Waals surface area contributed by atoms with Crippen LogP contribution in [0, 0.1) is 17.2 Å². The highest BCUT2D eigenvalue weighted by atomic mass is 32.2. The van der Waals surface area contributed by atoms with Gasteiger partial charge in [0.1, 0.15) is 0 Å². The lowest BCUT2D eigenvalue weighted by atomic mass is 9.91. The largest absolute Gasteiger partial charge is 0.224 e. The maximum Gasteiger partial charge on any atom is 0.179 e. The molecule has 0 heterocycles. The summed E-state index contributed by atoms with van der Waals surface area (Å²) >= 11 is 1.79. The van der Waals surface area contributed by atoms with Gasteiger partial charge in [0, 0.05) is 11.0 Å². The molecule has 0 bridgehead atoms. The molecule has 2 unspecified atom stereocenters. The van der Waals surface area contributed by atoms with Gasteiger partial charge in [0.15, 0.2) is 9.84 Å². The number of hydrogen-bond acceptors (Lipinski definition) is 4. The summed E-state index contributed by atoms with van der Waals surface area (Å²) in [5.74, 6) is 1.55. The molecule has 0 aromatic heterocycles. The lowest BCUT2D eigenvalue weighted by Crippen LogP contribution is -2.17. The fourth-order valence-corrected chi connectivity index (χ4v) is 5.95. The monoisotopic (exact) mass is 323 g/mol. The van der Waals surface area contributed by atoms with Gasteiger partial charge in [-0.2, -0.15) is 17.0 Å². The molecule has 21 heavy (non-hydrogen) atoms. The Morgan fingerprint density at radius 1 is 1.38 bits per heavy atom. The van der Waals surface area contributed by atoms with E-state index in [0.717, 1.165) is 5.92 Å². The normalized spacial score (nSPS) is 22.7. The van der Waals surface area contributed by atoms with Crippen LogP contribution in [0.15, 0.2) is 29.2 Å². The molecule has 1 saturated carbocycles. The summed E-state index contributed by atoms with van der Waals surface area (Å²) in [7, 11) is -3.28. The molecule has 0 N–H and O–H groups in total. The molecule has 0 saturated heterocycles. The molecule has 1 aromatic carbocycles. The topological polar surface area (TPSA) is 57.9 Å². The van der Waals surface area contributed by atoms with Gasteiger partial charge in [-0.15, -0.1) is 0 Å². The van der Waals surface area contributed by atoms with Crippen LogP contribution in [-0.4, -0.2) is 25.2 Å². The first kappa shape index (κ1) is 16.4. The summed E-state index contributed by atoms with van der Waals surface area (Å²) in [6.07, 6.45) is 4.97. The van der Waals surface area contributed by atoms with E-state index < -0.39 is 9.84 Å². The maximum atomic E-state index is 12.3. The Morgan fingerprint density at radius 3 is 2.90 bits per heavy atom. The fraction of sp³-hybridized carbons (Fsp3) is 0.562. The Balaban J connectivity index is 1.90. The third-order valence-corrected chi connectivity index (χ3v) is 7.23. The zero-order valence-electron chi connectivity index (χ0n) is 12.3. The number of thioether (sulfide) groups is 1. The lowest BCUT2D eigenvalue weighted by Gasteiger charge is -2.26. The Bertz CT molecular complexity index is 619. The summed E-state index contributed by atoms with van der Waals surface area (Å²) in [5, 5.41) is 9.46. The number of benzene rings is 1. The van der Waals surface area contributed by atoms with Crippen LogP contribution in [0.25, 0.3) is 0 Å². The zero-order valence-corrected chi connectivity index (χ0v) is 13.9. The first-order chi connectivity index (χ1) is 10.0. The van der Waals surface area contributed by atoms with Crippen molar-refractivity contribution in [2.24, 2.45) is 5.92 Å². The SMILES string of the molecule is CC1CCCC(SCCS(=O)(=O)c2cccc(C#N)c2)C1. The molecule has 0 radical (unpaired) electrons. The molecule has 1 aromatic rings. The van der Waals surface area contributed by atoms with Gasteiger partial charge in [-0.3, -0.25) is 0 Å². The third kappa shape index (κ3) is 4.76. The summed E-state index contributed by atoms with van der Waals surface area (Å²) in [6, 6.07) is 8.26. The average Bonchev–Trinajstić information content (AvgIpc) is 2.47. The standard InChI is InChI=1S/C16H21NO2S2/c1-13-4-2-6-15(10-13)20-8-9-21(18,19)16-7-3-5-14(11-16)12-17/h3,5,7,11,13,15H,2,4,6,8-10H2,1H3. The van der Waals surface area contributed by atoms with Gasteiger partial charge in [-0.1, -0.05) is 25.8 Å². The molecular weight excluding hydrogens is 302 g/mol. The highest BCUT2D eigenvalue weighted by molar-refractivity contribution is 8.01. The van der Waals surface area contributed by atoms with Crippen LogP contribution < -0.4 is 0 Å². The van der Waals surface area contributed by atoms with Crippen LogP contribution >= 0.6 is 11.8 Å². The van der Waals surface area contributed by atoms with Crippen molar-refractivity contribution in [2.75, 3.05) is 11.5 Å². The Kier molecular flexibility index (Phi) is 5.72. The minimum atomic E-state index is -3.28. The predicted molar refractivity (Wildman–Crippen MR) is 87.1 cm³/mol. The second-order valence-corrected chi connectivity index (χ2v) is 9.24. The predicted octanol–water partition coefficient (Wildman–Crippen LogP) is 3.64. The Morgan fingerprint density at radius 2 is 2.19 bits per heavy atom. The molecule has 2 rings (SSSR count). The van der Waals surface area contributed by atoms with Crippen molar-refractivity contribution in [1.82, 2.24) is 0 Å². The van der Waals surface area contributed by atoms with Crippen LogP contribution in [0.5, 0.6) is 0 Å². The molecule has 2 atom stereocenters. The van der Waals surface area contributed by atoms with E-state index in [4.69, 9.17) is 5.26 Å². The van der Waals surface area contributed by atoms with Crippen LogP contribution in [0.1, 0.15) is 38.2 Å². The molecule has 0 aliphatic heterocycles. The van der Waals surface area contributed by atoms with Gasteiger partial charge in [0.05, 0.1) is 22.3 Å². The smallest absolute Gasteiger partial charge is 0.179 e. The van der Waals surface area contributed by atoms with E-state index >= 15 is 0 Å². The van der Waals surface area contributed by atoms with E-state index in [1.165, 1.54) is 31.7 Å². The summed E-state index contributed by atoms with van der Waals surface area (Å²) in [4.78, 5) is 0.263. The number of nitrogens with zero attached hydrogens (tertiary/aromatic N) is 1. The van der Waals surface area contributed by atoms with E-state index in [9.17, 15) is 8.42 Å². The molecular formula is C16H21NO2S2. The van der Waals surface area contributed by atoms with E-state index in [1.807, 2.05) is 6.07 Å².